The van der Waals surface area contributed by atoms with E-state index in [1.807, 2.05) is 0 Å². The van der Waals surface area contributed by atoms with Crippen LogP contribution in [0.2, 0.25) is 0 Å². The Morgan fingerprint density at radius 1 is 0.779 bits per heavy atom. The molecule has 6 amide bonds. The summed E-state index contributed by atoms with van der Waals surface area (Å²) in [7, 11) is 0. The Bertz CT molecular complexity index is 2510. The average Bonchev–Trinajstić information content (AvgIpc) is 3.96. The summed E-state index contributed by atoms with van der Waals surface area (Å²) in [6, 6.07) is 13.2. The predicted molar refractivity (Wildman–Crippen MR) is 238 cm³/mol. The van der Waals surface area contributed by atoms with Crippen molar-refractivity contribution in [1.82, 2.24) is 20.5 Å². The molecule has 20 heteroatoms. The van der Waals surface area contributed by atoms with Gasteiger partial charge >= 0.3 is 0 Å². The molecule has 2 fully saturated rings. The number of halogens is 2. The highest BCUT2D eigenvalue weighted by molar-refractivity contribution is 6.24. The number of carbonyl (C=O) groups excluding carboxylic acids is 7. The van der Waals surface area contributed by atoms with E-state index in [1.54, 1.807) is 36.4 Å². The topological polar surface area (TPSA) is 232 Å². The number of carbonyl (C=O) groups is 7. The molecule has 2 saturated heterocycles. The minimum atomic E-state index is -2.35. The Balaban J connectivity index is 0.683. The molecule has 0 saturated carbocycles. The molecule has 3 aliphatic heterocycles. The van der Waals surface area contributed by atoms with Gasteiger partial charge in [0.05, 0.1) is 63.1 Å². The summed E-state index contributed by atoms with van der Waals surface area (Å²) in [6.07, 6.45) is 3.55. The molecular formula is C48H53F2N5O13. The number of fused-ring (bicyclic) bond motifs is 2. The number of nitrogens with one attached hydrogen (secondary N) is 3. The van der Waals surface area contributed by atoms with Gasteiger partial charge in [-0.2, -0.15) is 0 Å². The number of rotatable bonds is 26. The van der Waals surface area contributed by atoms with E-state index in [1.165, 1.54) is 11.0 Å². The van der Waals surface area contributed by atoms with Crippen molar-refractivity contribution >= 4 is 57.8 Å². The number of aromatic amines is 1. The lowest BCUT2D eigenvalue weighted by atomic mass is 10.0. The van der Waals surface area contributed by atoms with E-state index in [0.29, 0.717) is 87.4 Å². The van der Waals surface area contributed by atoms with E-state index in [0.717, 1.165) is 36.3 Å². The van der Waals surface area contributed by atoms with Crippen molar-refractivity contribution in [3.63, 3.8) is 0 Å². The molecule has 7 rings (SSSR count). The second-order valence-corrected chi connectivity index (χ2v) is 16.5. The minimum absolute atomic E-state index is 0.0326. The van der Waals surface area contributed by atoms with Crippen LogP contribution < -0.4 is 20.3 Å². The van der Waals surface area contributed by atoms with Crippen LogP contribution in [0.25, 0.3) is 10.9 Å². The van der Waals surface area contributed by atoms with Crippen LogP contribution in [0.4, 0.5) is 14.5 Å². The van der Waals surface area contributed by atoms with Crippen molar-refractivity contribution in [2.24, 2.45) is 0 Å². The summed E-state index contributed by atoms with van der Waals surface area (Å²) in [5.41, 5.74) is -0.416. The number of aromatic nitrogens is 1. The van der Waals surface area contributed by atoms with Gasteiger partial charge < -0.3 is 44.0 Å². The van der Waals surface area contributed by atoms with Gasteiger partial charge in [-0.05, 0) is 73.4 Å². The molecule has 3 aliphatic rings. The van der Waals surface area contributed by atoms with Crippen LogP contribution in [0.1, 0.15) is 88.1 Å². The van der Waals surface area contributed by atoms with Crippen LogP contribution in [-0.2, 0) is 44.7 Å². The number of ketones is 1. The molecular weight excluding hydrogens is 893 g/mol. The summed E-state index contributed by atoms with van der Waals surface area (Å²) >= 11 is 0. The SMILES string of the molecule is O=C1CCC(N2C(=O)c3cccc(OCCOCCOCCOCCOCCCCCCC(=O)c4cc5cc(N6CCC(O)(C(=O)NCc7cc(F)cc(F)c7)C6=O)ccc5[nH]4)c3C2=O)C(=O)N1. The number of anilines is 1. The monoisotopic (exact) mass is 945 g/mol. The molecule has 3 aromatic carbocycles. The van der Waals surface area contributed by atoms with E-state index in [-0.39, 0.29) is 73.8 Å². The fraction of sp³-hybridized carbons (Fsp3) is 0.438. The van der Waals surface area contributed by atoms with Gasteiger partial charge in [-0.25, -0.2) is 8.78 Å². The van der Waals surface area contributed by atoms with Gasteiger partial charge in [-0.3, -0.25) is 43.8 Å². The molecule has 362 valence electrons. The Labute approximate surface area is 389 Å². The Kier molecular flexibility index (Phi) is 16.8. The van der Waals surface area contributed by atoms with Crippen molar-refractivity contribution in [3.8, 4) is 5.75 Å². The third kappa shape index (κ3) is 12.0. The van der Waals surface area contributed by atoms with Crippen molar-refractivity contribution in [2.45, 2.75) is 69.6 Å². The van der Waals surface area contributed by atoms with Crippen LogP contribution in [-0.4, -0.2) is 134 Å². The molecule has 0 bridgehead atoms. The second-order valence-electron chi connectivity index (χ2n) is 16.5. The van der Waals surface area contributed by atoms with E-state index in [4.69, 9.17) is 23.7 Å². The fourth-order valence-corrected chi connectivity index (χ4v) is 8.20. The first-order valence-corrected chi connectivity index (χ1v) is 22.6. The maximum absolute atomic E-state index is 13.5. The lowest BCUT2D eigenvalue weighted by molar-refractivity contribution is -0.149. The molecule has 4 aromatic rings. The van der Waals surface area contributed by atoms with Crippen LogP contribution in [0.5, 0.6) is 5.75 Å². The number of amides is 6. The summed E-state index contributed by atoms with van der Waals surface area (Å²) < 4.78 is 55.1. The lowest BCUT2D eigenvalue weighted by Gasteiger charge is -2.27. The first-order chi connectivity index (χ1) is 32.8. The van der Waals surface area contributed by atoms with Crippen LogP contribution in [0.3, 0.4) is 0 Å². The number of hydrogen-bond donors (Lipinski definition) is 4. The Hall–Kier alpha value is -6.45. The van der Waals surface area contributed by atoms with Crippen molar-refractivity contribution in [1.29, 1.82) is 0 Å². The van der Waals surface area contributed by atoms with Crippen LogP contribution >= 0.6 is 0 Å². The average molecular weight is 946 g/mol. The minimum Gasteiger partial charge on any atom is -0.490 e. The number of piperidine rings is 1. The zero-order chi connectivity index (χ0) is 48.2. The first-order valence-electron chi connectivity index (χ1n) is 22.6. The van der Waals surface area contributed by atoms with Gasteiger partial charge in [0.1, 0.15) is 30.0 Å². The highest BCUT2D eigenvalue weighted by Crippen LogP contribution is 2.34. The Morgan fingerprint density at radius 3 is 2.16 bits per heavy atom. The summed E-state index contributed by atoms with van der Waals surface area (Å²) in [4.78, 5) is 94.4. The molecule has 0 radical (unpaired) electrons. The summed E-state index contributed by atoms with van der Waals surface area (Å²) in [5, 5.41) is 16.3. The molecule has 18 nitrogen and oxygen atoms in total. The molecule has 2 unspecified atom stereocenters. The molecule has 0 spiro atoms. The molecule has 0 aliphatic carbocycles. The quantitative estimate of drug-likeness (QED) is 0.0303. The Morgan fingerprint density at radius 2 is 1.46 bits per heavy atom. The molecule has 2 atom stereocenters. The number of unbranched alkanes of at least 4 members (excludes halogenated alkanes) is 3. The zero-order valence-corrected chi connectivity index (χ0v) is 37.3. The maximum atomic E-state index is 13.5. The van der Waals surface area contributed by atoms with Crippen LogP contribution in [0, 0.1) is 11.6 Å². The zero-order valence-electron chi connectivity index (χ0n) is 37.3. The van der Waals surface area contributed by atoms with Gasteiger partial charge in [-0.1, -0.05) is 18.9 Å². The van der Waals surface area contributed by atoms with E-state index >= 15 is 0 Å². The number of aliphatic hydroxyl groups is 1. The third-order valence-electron chi connectivity index (χ3n) is 11.7. The largest absolute Gasteiger partial charge is 0.490 e. The van der Waals surface area contributed by atoms with Gasteiger partial charge in [0.25, 0.3) is 23.6 Å². The van der Waals surface area contributed by atoms with Crippen molar-refractivity contribution < 1.29 is 71.1 Å². The molecule has 68 heavy (non-hydrogen) atoms. The van der Waals surface area contributed by atoms with Gasteiger partial charge in [0.2, 0.25) is 17.4 Å². The normalized spacial score (nSPS) is 18.2. The lowest BCUT2D eigenvalue weighted by Crippen LogP contribution is -2.54. The first kappa shape index (κ1) is 49.5. The number of ether oxygens (including phenoxy) is 5. The molecule has 4 heterocycles. The number of hydrogen-bond acceptors (Lipinski definition) is 13. The standard InChI is InChI=1S/C48H53F2N5O13/c49-32-24-30(25-33(50)28-32)29-51-46(61)48(63)13-14-54(47(48)62)34-9-10-36-31(26-34)27-37(52-36)39(56)7-3-1-2-4-15-64-16-17-65-18-19-66-20-21-67-22-23-68-40-8-5-6-35-42(40)45(60)55(44(35)59)38-11-12-41(57)53-43(38)58/h5-6,8-10,24-28,38,52,63H,1-4,7,11-23,29H2,(H,51,61)(H,53,57,58). The third-order valence-corrected chi connectivity index (χ3v) is 11.7. The van der Waals surface area contributed by atoms with Gasteiger partial charge in [0.15, 0.2) is 5.78 Å². The van der Waals surface area contributed by atoms with Gasteiger partial charge in [0, 0.05) is 61.6 Å². The number of H-pyrrole nitrogens is 1. The highest BCUT2D eigenvalue weighted by Gasteiger charge is 2.52. The second kappa shape index (κ2) is 23.0. The van der Waals surface area contributed by atoms with Crippen molar-refractivity contribution in [3.05, 3.63) is 94.7 Å². The van der Waals surface area contributed by atoms with Gasteiger partial charge in [-0.15, -0.1) is 0 Å². The van der Waals surface area contributed by atoms with E-state index in [2.05, 4.69) is 15.6 Å². The summed E-state index contributed by atoms with van der Waals surface area (Å²) in [6.45, 7) is 2.90. The predicted octanol–water partition coefficient (Wildman–Crippen LogP) is 3.91. The van der Waals surface area contributed by atoms with Crippen LogP contribution in [0.15, 0.2) is 60.7 Å². The summed E-state index contributed by atoms with van der Waals surface area (Å²) in [5.74, 6) is -5.63. The number of nitrogens with zero attached hydrogens (tertiary/aromatic N) is 2. The maximum Gasteiger partial charge on any atom is 0.268 e. The number of benzene rings is 3. The van der Waals surface area contributed by atoms with Crippen molar-refractivity contribution in [2.75, 3.05) is 70.9 Å². The number of imide groups is 2. The molecule has 4 N–H and O–H groups in total. The fourth-order valence-electron chi connectivity index (χ4n) is 8.20. The highest BCUT2D eigenvalue weighted by atomic mass is 19.1. The van der Waals surface area contributed by atoms with E-state index in [9.17, 15) is 47.4 Å². The number of Topliss-reactive ketones (excluding diaryl/α,β-unsaturated/α-hetero) is 1. The van der Waals surface area contributed by atoms with E-state index < -0.39 is 58.7 Å². The molecule has 1 aromatic heterocycles. The smallest absolute Gasteiger partial charge is 0.268 e.